The smallest absolute Gasteiger partial charge is 0.338 e. The Labute approximate surface area is 198 Å². The Hall–Kier alpha value is -3.88. The first kappa shape index (κ1) is 24.8. The van der Waals surface area contributed by atoms with Crippen LogP contribution in [0.25, 0.3) is 0 Å². The molecule has 1 unspecified atom stereocenters. The maximum absolute atomic E-state index is 13.3. The number of rotatable bonds is 7. The van der Waals surface area contributed by atoms with E-state index < -0.39 is 23.9 Å². The summed E-state index contributed by atoms with van der Waals surface area (Å²) in [6.45, 7) is 7.71. The highest BCUT2D eigenvalue weighted by Crippen LogP contribution is 2.32. The summed E-state index contributed by atoms with van der Waals surface area (Å²) in [6, 6.07) is 10.8. The van der Waals surface area contributed by atoms with Gasteiger partial charge in [0.1, 0.15) is 5.82 Å². The van der Waals surface area contributed by atoms with Crippen molar-refractivity contribution in [3.63, 3.8) is 0 Å². The van der Waals surface area contributed by atoms with Crippen LogP contribution in [-0.4, -0.2) is 35.6 Å². The van der Waals surface area contributed by atoms with Crippen LogP contribution < -0.4 is 16.0 Å². The lowest BCUT2D eigenvalue weighted by Gasteiger charge is -2.35. The number of anilines is 2. The quantitative estimate of drug-likeness (QED) is 0.488. The van der Waals surface area contributed by atoms with Gasteiger partial charge in [0.2, 0.25) is 0 Å². The van der Waals surface area contributed by atoms with E-state index in [1.165, 1.54) is 18.2 Å². The predicted octanol–water partition coefficient (Wildman–Crippen LogP) is 5.17. The lowest BCUT2D eigenvalue weighted by atomic mass is 9.94. The first-order valence-electron chi connectivity index (χ1n) is 11.1. The van der Waals surface area contributed by atoms with Gasteiger partial charge in [-0.05, 0) is 63.1 Å². The van der Waals surface area contributed by atoms with Crippen LogP contribution in [0.3, 0.4) is 0 Å². The van der Waals surface area contributed by atoms with Crippen molar-refractivity contribution in [2.45, 2.75) is 46.3 Å². The predicted molar refractivity (Wildman–Crippen MR) is 128 cm³/mol. The molecule has 0 saturated heterocycles. The number of esters is 1. The van der Waals surface area contributed by atoms with E-state index in [2.05, 4.69) is 16.0 Å². The average molecular weight is 469 g/mol. The van der Waals surface area contributed by atoms with E-state index in [-0.39, 0.29) is 12.1 Å². The molecule has 0 aromatic heterocycles. The Kier molecular flexibility index (Phi) is 7.88. The highest BCUT2D eigenvalue weighted by Gasteiger charge is 2.36. The van der Waals surface area contributed by atoms with Crippen LogP contribution in [0.4, 0.5) is 25.4 Å². The molecule has 0 bridgehead atoms. The summed E-state index contributed by atoms with van der Waals surface area (Å²) in [4.78, 5) is 39.4. The van der Waals surface area contributed by atoms with E-state index >= 15 is 0 Å². The zero-order valence-corrected chi connectivity index (χ0v) is 19.6. The maximum Gasteiger partial charge on any atom is 0.338 e. The van der Waals surface area contributed by atoms with Gasteiger partial charge in [0.15, 0.2) is 0 Å². The highest BCUT2D eigenvalue weighted by atomic mass is 19.1. The van der Waals surface area contributed by atoms with Crippen LogP contribution in [0.2, 0.25) is 0 Å². The molecule has 3 N–H and O–H groups in total. The first-order valence-corrected chi connectivity index (χ1v) is 11.1. The number of allylic oxidation sites excluding steroid dienone is 1. The van der Waals surface area contributed by atoms with E-state index in [9.17, 15) is 18.8 Å². The number of hydrogen-bond donors (Lipinski definition) is 3. The molecule has 1 aliphatic heterocycles. The van der Waals surface area contributed by atoms with Crippen molar-refractivity contribution in [3.05, 3.63) is 71.2 Å². The SMILES string of the molecule is CCCN1C(=O)NC(c2ccc(NC(=O)Nc3cccc(F)c3)cc2)C(C(=O)OC(C)C)=C1C. The summed E-state index contributed by atoms with van der Waals surface area (Å²) in [7, 11) is 0. The zero-order chi connectivity index (χ0) is 24.8. The zero-order valence-electron chi connectivity index (χ0n) is 19.6. The van der Waals surface area contributed by atoms with Crippen LogP contribution in [0, 0.1) is 5.82 Å². The third-order valence-corrected chi connectivity index (χ3v) is 5.19. The summed E-state index contributed by atoms with van der Waals surface area (Å²) in [5, 5.41) is 8.12. The second-order valence-electron chi connectivity index (χ2n) is 8.20. The van der Waals surface area contributed by atoms with Crippen molar-refractivity contribution < 1.29 is 23.5 Å². The third kappa shape index (κ3) is 5.92. The lowest BCUT2D eigenvalue weighted by Crippen LogP contribution is -2.48. The minimum atomic E-state index is -0.693. The van der Waals surface area contributed by atoms with Gasteiger partial charge in [-0.25, -0.2) is 18.8 Å². The molecule has 180 valence electrons. The molecule has 8 nitrogen and oxygen atoms in total. The van der Waals surface area contributed by atoms with E-state index in [0.717, 1.165) is 6.42 Å². The van der Waals surface area contributed by atoms with Crippen molar-refractivity contribution in [1.82, 2.24) is 10.2 Å². The maximum atomic E-state index is 13.3. The van der Waals surface area contributed by atoms with Crippen LogP contribution in [0.1, 0.15) is 45.7 Å². The Morgan fingerprint density at radius 1 is 1.12 bits per heavy atom. The second kappa shape index (κ2) is 10.8. The summed E-state index contributed by atoms with van der Waals surface area (Å²) in [6.07, 6.45) is 0.425. The fourth-order valence-electron chi connectivity index (χ4n) is 3.68. The van der Waals surface area contributed by atoms with E-state index in [1.54, 1.807) is 56.0 Å². The van der Waals surface area contributed by atoms with Crippen molar-refractivity contribution in [2.24, 2.45) is 0 Å². The first-order chi connectivity index (χ1) is 16.2. The standard InChI is InChI=1S/C25H29FN4O4/c1-5-13-30-16(4)21(23(31)34-15(2)3)22(29-25(30)33)17-9-11-19(12-10-17)27-24(32)28-20-8-6-7-18(26)14-20/h6-12,14-15,22H,5,13H2,1-4H3,(H,29,33)(H2,27,28,32). The lowest BCUT2D eigenvalue weighted by molar-refractivity contribution is -0.143. The van der Waals surface area contributed by atoms with Gasteiger partial charge in [-0.15, -0.1) is 0 Å². The molecule has 9 heteroatoms. The van der Waals surface area contributed by atoms with Gasteiger partial charge in [0.25, 0.3) is 0 Å². The molecular formula is C25H29FN4O4. The largest absolute Gasteiger partial charge is 0.459 e. The number of nitrogens with zero attached hydrogens (tertiary/aromatic N) is 1. The number of carbonyl (C=O) groups is 3. The number of benzene rings is 2. The van der Waals surface area contributed by atoms with Crippen LogP contribution in [0.15, 0.2) is 59.8 Å². The molecule has 2 aromatic carbocycles. The van der Waals surface area contributed by atoms with E-state index in [4.69, 9.17) is 4.74 Å². The summed E-state index contributed by atoms with van der Waals surface area (Å²) in [5.41, 5.74) is 2.39. The molecule has 1 aliphatic rings. The third-order valence-electron chi connectivity index (χ3n) is 5.19. The average Bonchev–Trinajstić information content (AvgIpc) is 2.76. The molecule has 1 atom stereocenters. The van der Waals surface area contributed by atoms with Crippen molar-refractivity contribution in [1.29, 1.82) is 0 Å². The van der Waals surface area contributed by atoms with Gasteiger partial charge in [0, 0.05) is 23.6 Å². The fraction of sp³-hybridized carbons (Fsp3) is 0.320. The summed E-state index contributed by atoms with van der Waals surface area (Å²) in [5.74, 6) is -0.945. The van der Waals surface area contributed by atoms with Crippen molar-refractivity contribution in [2.75, 3.05) is 17.2 Å². The number of hydrogen-bond acceptors (Lipinski definition) is 4. The number of ether oxygens (including phenoxy) is 1. The number of urea groups is 2. The topological polar surface area (TPSA) is 99.8 Å². The van der Waals surface area contributed by atoms with Gasteiger partial charge in [-0.2, -0.15) is 0 Å². The number of nitrogens with one attached hydrogen (secondary N) is 3. The molecule has 0 fully saturated rings. The molecule has 1 heterocycles. The van der Waals surface area contributed by atoms with Gasteiger partial charge in [0.05, 0.1) is 17.7 Å². The molecule has 4 amide bonds. The number of amides is 4. The Morgan fingerprint density at radius 2 is 1.79 bits per heavy atom. The number of halogens is 1. The van der Waals surface area contributed by atoms with Gasteiger partial charge in [-0.1, -0.05) is 25.1 Å². The summed E-state index contributed by atoms with van der Waals surface area (Å²) < 4.78 is 18.8. The van der Waals surface area contributed by atoms with Crippen molar-refractivity contribution >= 4 is 29.4 Å². The van der Waals surface area contributed by atoms with Gasteiger partial charge < -0.3 is 20.7 Å². The van der Waals surface area contributed by atoms with E-state index in [1.807, 2.05) is 6.92 Å². The normalized spacial score (nSPS) is 15.8. The highest BCUT2D eigenvalue weighted by molar-refractivity contribution is 6.00. The summed E-state index contributed by atoms with van der Waals surface area (Å²) >= 11 is 0. The van der Waals surface area contributed by atoms with Crippen molar-refractivity contribution in [3.8, 4) is 0 Å². The Balaban J connectivity index is 1.81. The fourth-order valence-corrected chi connectivity index (χ4v) is 3.68. The minimum Gasteiger partial charge on any atom is -0.459 e. The molecular weight excluding hydrogens is 439 g/mol. The van der Waals surface area contributed by atoms with Crippen LogP contribution >= 0.6 is 0 Å². The molecule has 0 saturated carbocycles. The Bertz CT molecular complexity index is 1100. The van der Waals surface area contributed by atoms with Gasteiger partial charge >= 0.3 is 18.0 Å². The van der Waals surface area contributed by atoms with E-state index in [0.29, 0.717) is 34.8 Å². The second-order valence-corrected chi connectivity index (χ2v) is 8.20. The molecule has 0 radical (unpaired) electrons. The Morgan fingerprint density at radius 3 is 2.41 bits per heavy atom. The van der Waals surface area contributed by atoms with Crippen LogP contribution in [0.5, 0.6) is 0 Å². The minimum absolute atomic E-state index is 0.290. The molecule has 0 spiro atoms. The molecule has 34 heavy (non-hydrogen) atoms. The van der Waals surface area contributed by atoms with Gasteiger partial charge in [-0.3, -0.25) is 4.90 Å². The number of carbonyl (C=O) groups excluding carboxylic acids is 3. The molecule has 3 rings (SSSR count). The monoisotopic (exact) mass is 468 g/mol. The molecule has 2 aromatic rings. The molecule has 0 aliphatic carbocycles. The van der Waals surface area contributed by atoms with Crippen LogP contribution in [-0.2, 0) is 9.53 Å².